The van der Waals surface area contributed by atoms with Crippen LogP contribution < -0.4 is 15.8 Å². The molecule has 1 fully saturated rings. The average Bonchev–Trinajstić information content (AvgIpc) is 3.62. The summed E-state index contributed by atoms with van der Waals surface area (Å²) >= 11 is 0. The van der Waals surface area contributed by atoms with E-state index in [1.54, 1.807) is 23.8 Å². The molecule has 0 bridgehead atoms. The molecule has 1 aliphatic heterocycles. The van der Waals surface area contributed by atoms with Gasteiger partial charge in [0.1, 0.15) is 6.04 Å². The van der Waals surface area contributed by atoms with Crippen LogP contribution in [0.3, 0.4) is 0 Å². The van der Waals surface area contributed by atoms with Crippen LogP contribution >= 0.6 is 0 Å². The monoisotopic (exact) mass is 866 g/mol. The van der Waals surface area contributed by atoms with E-state index >= 15 is 0 Å². The van der Waals surface area contributed by atoms with Gasteiger partial charge >= 0.3 is 12.1 Å². The fourth-order valence-corrected chi connectivity index (χ4v) is 8.41. The number of carboxylic acid groups (broad SMARTS) is 1. The number of methoxy groups -OCH3 is 2. The van der Waals surface area contributed by atoms with E-state index in [2.05, 4.69) is 10.0 Å². The maximum absolute atomic E-state index is 14.2. The number of carbonyl (C=O) groups is 5. The molecule has 0 aliphatic carbocycles. The Bertz CT molecular complexity index is 1650. The minimum absolute atomic E-state index is 0.0273. The van der Waals surface area contributed by atoms with E-state index in [0.717, 1.165) is 0 Å². The Kier molecular flexibility index (Phi) is 20.8. The number of nitrogen functional groups attached to an aromatic ring is 1. The molecule has 1 aromatic rings. The highest BCUT2D eigenvalue weighted by molar-refractivity contribution is 7.90. The number of carbonyl (C=O) groups excluding carboxylic acids is 4. The van der Waals surface area contributed by atoms with Crippen molar-refractivity contribution in [1.29, 1.82) is 0 Å². The second-order valence-corrected chi connectivity index (χ2v) is 17.5. The van der Waals surface area contributed by atoms with Gasteiger partial charge in [-0.05, 0) is 69.0 Å². The van der Waals surface area contributed by atoms with E-state index in [0.29, 0.717) is 31.5 Å². The van der Waals surface area contributed by atoms with E-state index in [1.807, 2.05) is 60.5 Å². The number of hydrogen-bond acceptors (Lipinski definition) is 11. The van der Waals surface area contributed by atoms with Crippen molar-refractivity contribution in [3.63, 3.8) is 0 Å². The highest BCUT2D eigenvalue weighted by atomic mass is 32.2. The maximum Gasteiger partial charge on any atom is 0.490 e. The Morgan fingerprint density at radius 2 is 1.49 bits per heavy atom. The third-order valence-corrected chi connectivity index (χ3v) is 12.0. The van der Waals surface area contributed by atoms with Gasteiger partial charge < -0.3 is 35.4 Å². The number of rotatable bonds is 19. The summed E-state index contributed by atoms with van der Waals surface area (Å²) in [5, 5.41) is 10.1. The number of likely N-dealkylation sites (tertiary alicyclic amines) is 1. The molecule has 8 atom stereocenters. The fraction of sp³-hybridized carbons (Fsp3) is 0.718. The van der Waals surface area contributed by atoms with Crippen LogP contribution in [0.2, 0.25) is 0 Å². The molecule has 0 radical (unpaired) electrons. The molecular formula is C39H65F3N6O10S. The summed E-state index contributed by atoms with van der Waals surface area (Å²) in [4.78, 5) is 68.9. The summed E-state index contributed by atoms with van der Waals surface area (Å²) in [5.74, 6) is -5.40. The van der Waals surface area contributed by atoms with E-state index in [1.165, 1.54) is 38.5 Å². The number of carboxylic acids is 1. The van der Waals surface area contributed by atoms with E-state index in [-0.39, 0.29) is 46.8 Å². The molecule has 59 heavy (non-hydrogen) atoms. The van der Waals surface area contributed by atoms with E-state index < -0.39 is 70.4 Å². The smallest absolute Gasteiger partial charge is 0.475 e. The molecule has 1 heterocycles. The number of ether oxygens (including phenoxy) is 2. The Balaban J connectivity index is 0.00000227. The van der Waals surface area contributed by atoms with Crippen molar-refractivity contribution >= 4 is 45.3 Å². The summed E-state index contributed by atoms with van der Waals surface area (Å²) in [5.41, 5.74) is 6.07. The summed E-state index contributed by atoms with van der Waals surface area (Å²) in [7, 11) is 4.16. The number of nitrogens with zero attached hydrogens (tertiary/aromatic N) is 3. The largest absolute Gasteiger partial charge is 0.490 e. The predicted molar refractivity (Wildman–Crippen MR) is 215 cm³/mol. The van der Waals surface area contributed by atoms with Crippen LogP contribution in [0.4, 0.5) is 18.9 Å². The van der Waals surface area contributed by atoms with Gasteiger partial charge in [-0.2, -0.15) is 13.2 Å². The lowest BCUT2D eigenvalue weighted by Gasteiger charge is -2.41. The quantitative estimate of drug-likeness (QED) is 0.147. The standard InChI is InChI=1S/C37H64N6O8S.C2HF3O2/c1-13-24(6)33(42(10)37(47)31(22(2)3)39-36(46)32(23(4)5)41(8)9)29(50-11)21-30(44)43-20-14-15-28(43)34(51-12)25(7)35(45)40-52(48,49)27-18-16-26(38)17-19-27;3-2(4,5)1(6)7/h16-19,22-25,28-29,31-34H,13-15,20-21,38H2,1-12H3,(H,39,46)(H,40,45);(H,6,7). The lowest BCUT2D eigenvalue weighted by Crippen LogP contribution is -2.59. The predicted octanol–water partition coefficient (Wildman–Crippen LogP) is 3.35. The van der Waals surface area contributed by atoms with Crippen LogP contribution in [0.5, 0.6) is 0 Å². The molecule has 2 rings (SSSR count). The summed E-state index contributed by atoms with van der Waals surface area (Å²) < 4.78 is 71.5. The van der Waals surface area contributed by atoms with Gasteiger partial charge in [0.05, 0.1) is 47.6 Å². The molecule has 5 N–H and O–H groups in total. The first-order chi connectivity index (χ1) is 27.2. The van der Waals surface area contributed by atoms with Gasteiger partial charge in [-0.25, -0.2) is 17.9 Å². The van der Waals surface area contributed by atoms with Gasteiger partial charge in [0.15, 0.2) is 0 Å². The van der Waals surface area contributed by atoms with Gasteiger partial charge in [0, 0.05) is 33.5 Å². The first-order valence-electron chi connectivity index (χ1n) is 19.5. The zero-order chi connectivity index (χ0) is 45.7. The van der Waals surface area contributed by atoms with Crippen LogP contribution in [0.15, 0.2) is 29.2 Å². The lowest BCUT2D eigenvalue weighted by molar-refractivity contribution is -0.192. The van der Waals surface area contributed by atoms with Crippen molar-refractivity contribution in [1.82, 2.24) is 24.7 Å². The van der Waals surface area contributed by atoms with Crippen LogP contribution in [-0.2, 0) is 43.5 Å². The maximum atomic E-state index is 14.2. The minimum atomic E-state index is -5.08. The summed E-state index contributed by atoms with van der Waals surface area (Å²) in [6.45, 7) is 13.7. The highest BCUT2D eigenvalue weighted by Gasteiger charge is 2.44. The molecule has 0 spiro atoms. The number of sulfonamides is 1. The molecule has 338 valence electrons. The number of halogens is 3. The first kappa shape index (κ1) is 53.0. The van der Waals surface area contributed by atoms with Gasteiger partial charge in [0.2, 0.25) is 23.6 Å². The van der Waals surface area contributed by atoms with Crippen molar-refractivity contribution < 1.29 is 60.1 Å². The molecule has 0 aromatic heterocycles. The van der Waals surface area contributed by atoms with Crippen LogP contribution in [0.25, 0.3) is 0 Å². The topological polar surface area (TPSA) is 218 Å². The third kappa shape index (κ3) is 14.9. The molecule has 20 heteroatoms. The van der Waals surface area contributed by atoms with Gasteiger partial charge in [-0.3, -0.25) is 24.1 Å². The highest BCUT2D eigenvalue weighted by Crippen LogP contribution is 2.30. The second kappa shape index (κ2) is 23.1. The van der Waals surface area contributed by atoms with Crippen molar-refractivity contribution in [2.45, 2.75) is 122 Å². The van der Waals surface area contributed by atoms with Crippen LogP contribution in [0.1, 0.15) is 74.1 Å². The Labute approximate surface area is 346 Å². The molecule has 1 aliphatic rings. The number of alkyl halides is 3. The number of anilines is 1. The fourth-order valence-electron chi connectivity index (χ4n) is 7.34. The van der Waals surface area contributed by atoms with Gasteiger partial charge in [-0.15, -0.1) is 0 Å². The van der Waals surface area contributed by atoms with Crippen molar-refractivity contribution in [3.05, 3.63) is 24.3 Å². The molecule has 0 saturated carbocycles. The number of nitrogens with one attached hydrogen (secondary N) is 2. The Morgan fingerprint density at radius 1 is 0.949 bits per heavy atom. The van der Waals surface area contributed by atoms with Crippen LogP contribution in [-0.4, -0.2) is 142 Å². The molecular weight excluding hydrogens is 802 g/mol. The number of nitrogens with two attached hydrogens (primary N) is 1. The van der Waals surface area contributed by atoms with E-state index in [9.17, 15) is 40.8 Å². The van der Waals surface area contributed by atoms with Gasteiger partial charge in [0.25, 0.3) is 10.0 Å². The van der Waals surface area contributed by atoms with Crippen molar-refractivity contribution in [2.24, 2.45) is 23.7 Å². The van der Waals surface area contributed by atoms with Crippen molar-refractivity contribution in [2.75, 3.05) is 47.6 Å². The number of hydrogen-bond donors (Lipinski definition) is 4. The number of aliphatic carboxylic acids is 1. The van der Waals surface area contributed by atoms with Gasteiger partial charge in [-0.1, -0.05) is 54.9 Å². The number of benzene rings is 1. The molecule has 4 amide bonds. The lowest BCUT2D eigenvalue weighted by atomic mass is 9.89. The first-order valence-corrected chi connectivity index (χ1v) is 21.0. The zero-order valence-corrected chi connectivity index (χ0v) is 37.0. The molecule has 16 nitrogen and oxygen atoms in total. The Morgan fingerprint density at radius 3 is 1.92 bits per heavy atom. The van der Waals surface area contributed by atoms with Crippen molar-refractivity contribution in [3.8, 4) is 0 Å². The normalized spacial score (nSPS) is 18.2. The summed E-state index contributed by atoms with van der Waals surface area (Å²) in [6, 6.07) is 3.30. The molecule has 1 aromatic carbocycles. The van der Waals surface area contributed by atoms with E-state index in [4.69, 9.17) is 25.1 Å². The average molecular weight is 867 g/mol. The second-order valence-electron chi connectivity index (χ2n) is 15.8. The third-order valence-electron chi connectivity index (χ3n) is 10.6. The number of amides is 4. The molecule has 8 unspecified atom stereocenters. The minimum Gasteiger partial charge on any atom is -0.475 e. The van der Waals surface area contributed by atoms with Crippen LogP contribution in [0, 0.1) is 23.7 Å². The summed E-state index contributed by atoms with van der Waals surface area (Å²) in [6.07, 6.45) is -4.68. The molecule has 1 saturated heterocycles. The Hall–Kier alpha value is -4.01. The SMILES string of the molecule is CCC(C)C(C(CC(=O)N1CCCC1C(OC)C(C)C(=O)NS(=O)(=O)c1ccc(N)cc1)OC)N(C)C(=O)C(NC(=O)C(C(C)C)N(C)C)C(C)C.O=C(O)C(F)(F)F. The zero-order valence-electron chi connectivity index (χ0n) is 36.2. The number of likely N-dealkylation sites (N-methyl/N-ethyl adjacent to an activating group) is 2.